The quantitative estimate of drug-likeness (QED) is 0.752. The standard InChI is InChI=1S/C20H23N3O2/c1-13(2)23-19(9-10-21-23)22-20(24)14(3)15-5-6-17-12-18(25-4)8-7-16(17)11-15/h5-14H,1-4H3,(H,22,24)/t14-/m0/s1. The van der Waals surface area contributed by atoms with E-state index in [1.54, 1.807) is 18.0 Å². The minimum Gasteiger partial charge on any atom is -0.497 e. The Kier molecular flexibility index (Phi) is 4.74. The van der Waals surface area contributed by atoms with Gasteiger partial charge in [0.05, 0.1) is 19.2 Å². The fourth-order valence-corrected chi connectivity index (χ4v) is 2.85. The predicted octanol–water partition coefficient (Wildman–Crippen LogP) is 4.37. The monoisotopic (exact) mass is 337 g/mol. The number of aromatic nitrogens is 2. The molecule has 0 bridgehead atoms. The number of rotatable bonds is 5. The van der Waals surface area contributed by atoms with Crippen molar-refractivity contribution in [2.45, 2.75) is 32.7 Å². The Morgan fingerprint density at radius 3 is 2.52 bits per heavy atom. The van der Waals surface area contributed by atoms with Crippen molar-refractivity contribution in [3.05, 3.63) is 54.2 Å². The first-order chi connectivity index (χ1) is 12.0. The summed E-state index contributed by atoms with van der Waals surface area (Å²) < 4.78 is 7.06. The van der Waals surface area contributed by atoms with Crippen molar-refractivity contribution < 1.29 is 9.53 Å². The summed E-state index contributed by atoms with van der Waals surface area (Å²) in [4.78, 5) is 12.6. The van der Waals surface area contributed by atoms with Crippen LogP contribution in [-0.4, -0.2) is 22.8 Å². The van der Waals surface area contributed by atoms with E-state index in [4.69, 9.17) is 4.74 Å². The Balaban J connectivity index is 1.82. The van der Waals surface area contributed by atoms with Crippen molar-refractivity contribution in [2.24, 2.45) is 0 Å². The highest BCUT2D eigenvalue weighted by Gasteiger charge is 2.18. The molecule has 2 aromatic carbocycles. The summed E-state index contributed by atoms with van der Waals surface area (Å²) in [6.07, 6.45) is 1.70. The van der Waals surface area contributed by atoms with E-state index in [9.17, 15) is 4.79 Å². The third kappa shape index (κ3) is 3.50. The number of nitrogens with one attached hydrogen (secondary N) is 1. The third-order valence-corrected chi connectivity index (χ3v) is 4.38. The van der Waals surface area contributed by atoms with Crippen LogP contribution < -0.4 is 10.1 Å². The number of fused-ring (bicyclic) bond motifs is 1. The number of carbonyl (C=O) groups excluding carboxylic acids is 1. The molecule has 0 spiro atoms. The number of amides is 1. The van der Waals surface area contributed by atoms with Crippen LogP contribution in [0.2, 0.25) is 0 Å². The second-order valence-corrected chi connectivity index (χ2v) is 6.44. The van der Waals surface area contributed by atoms with E-state index in [-0.39, 0.29) is 17.9 Å². The van der Waals surface area contributed by atoms with Crippen molar-refractivity contribution in [2.75, 3.05) is 12.4 Å². The summed E-state index contributed by atoms with van der Waals surface area (Å²) in [6, 6.07) is 14.0. The van der Waals surface area contributed by atoms with Crippen LogP contribution in [0.1, 0.15) is 38.3 Å². The number of nitrogens with zero attached hydrogens (tertiary/aromatic N) is 2. The van der Waals surface area contributed by atoms with Crippen LogP contribution >= 0.6 is 0 Å². The molecule has 0 aliphatic heterocycles. The molecule has 1 atom stereocenters. The zero-order valence-corrected chi connectivity index (χ0v) is 15.0. The Morgan fingerprint density at radius 2 is 1.80 bits per heavy atom. The Hall–Kier alpha value is -2.82. The van der Waals surface area contributed by atoms with Crippen molar-refractivity contribution in [1.29, 1.82) is 0 Å². The van der Waals surface area contributed by atoms with Crippen LogP contribution in [0.4, 0.5) is 5.82 Å². The third-order valence-electron chi connectivity index (χ3n) is 4.38. The first-order valence-electron chi connectivity index (χ1n) is 8.41. The second-order valence-electron chi connectivity index (χ2n) is 6.44. The minimum absolute atomic E-state index is 0.0461. The van der Waals surface area contributed by atoms with Gasteiger partial charge >= 0.3 is 0 Å². The molecule has 0 radical (unpaired) electrons. The molecule has 3 rings (SSSR count). The molecule has 1 aromatic heterocycles. The molecule has 1 N–H and O–H groups in total. The van der Waals surface area contributed by atoms with Crippen LogP contribution in [-0.2, 0) is 4.79 Å². The van der Waals surface area contributed by atoms with Gasteiger partial charge in [0, 0.05) is 12.1 Å². The molecular formula is C20H23N3O2. The molecule has 0 aliphatic carbocycles. The highest BCUT2D eigenvalue weighted by molar-refractivity contribution is 5.96. The smallest absolute Gasteiger partial charge is 0.232 e. The van der Waals surface area contributed by atoms with Gasteiger partial charge in [-0.25, -0.2) is 4.68 Å². The molecule has 130 valence electrons. The van der Waals surface area contributed by atoms with Gasteiger partial charge in [-0.1, -0.05) is 24.3 Å². The van der Waals surface area contributed by atoms with Gasteiger partial charge in [-0.15, -0.1) is 0 Å². The van der Waals surface area contributed by atoms with E-state index in [0.29, 0.717) is 0 Å². The van der Waals surface area contributed by atoms with Crippen LogP contribution in [0, 0.1) is 0 Å². The van der Waals surface area contributed by atoms with E-state index in [0.717, 1.165) is 27.9 Å². The molecule has 25 heavy (non-hydrogen) atoms. The summed E-state index contributed by atoms with van der Waals surface area (Å²) in [7, 11) is 1.66. The Bertz CT molecular complexity index is 899. The highest BCUT2D eigenvalue weighted by Crippen LogP contribution is 2.26. The number of hydrogen-bond acceptors (Lipinski definition) is 3. The van der Waals surface area contributed by atoms with Gasteiger partial charge in [-0.3, -0.25) is 4.79 Å². The molecule has 0 aliphatic rings. The van der Waals surface area contributed by atoms with Gasteiger partial charge in [0.15, 0.2) is 0 Å². The molecule has 1 heterocycles. The molecule has 0 unspecified atom stereocenters. The van der Waals surface area contributed by atoms with E-state index in [2.05, 4.69) is 16.5 Å². The SMILES string of the molecule is COc1ccc2cc([C@H](C)C(=O)Nc3ccnn3C(C)C)ccc2c1. The predicted molar refractivity (Wildman–Crippen MR) is 100 cm³/mol. The summed E-state index contributed by atoms with van der Waals surface area (Å²) in [5, 5.41) is 9.41. The van der Waals surface area contributed by atoms with Crippen LogP contribution in [0.3, 0.4) is 0 Å². The lowest BCUT2D eigenvalue weighted by Crippen LogP contribution is -2.21. The van der Waals surface area contributed by atoms with Gasteiger partial charge in [-0.05, 0) is 49.2 Å². The summed E-state index contributed by atoms with van der Waals surface area (Å²) >= 11 is 0. The lowest BCUT2D eigenvalue weighted by molar-refractivity contribution is -0.117. The van der Waals surface area contributed by atoms with Crippen molar-refractivity contribution >= 4 is 22.5 Å². The van der Waals surface area contributed by atoms with Gasteiger partial charge in [-0.2, -0.15) is 5.10 Å². The van der Waals surface area contributed by atoms with Gasteiger partial charge in [0.1, 0.15) is 11.6 Å². The van der Waals surface area contributed by atoms with Crippen LogP contribution in [0.25, 0.3) is 10.8 Å². The van der Waals surface area contributed by atoms with E-state index < -0.39 is 0 Å². The zero-order chi connectivity index (χ0) is 18.0. The molecule has 5 nitrogen and oxygen atoms in total. The molecule has 1 amide bonds. The Morgan fingerprint density at radius 1 is 1.08 bits per heavy atom. The fourth-order valence-electron chi connectivity index (χ4n) is 2.85. The van der Waals surface area contributed by atoms with Gasteiger partial charge in [0.2, 0.25) is 5.91 Å². The van der Waals surface area contributed by atoms with E-state index in [1.165, 1.54) is 0 Å². The number of hydrogen-bond donors (Lipinski definition) is 1. The average molecular weight is 337 g/mol. The van der Waals surface area contributed by atoms with Gasteiger partial charge < -0.3 is 10.1 Å². The fraction of sp³-hybridized carbons (Fsp3) is 0.300. The number of methoxy groups -OCH3 is 1. The molecule has 0 saturated carbocycles. The minimum atomic E-state index is -0.262. The summed E-state index contributed by atoms with van der Waals surface area (Å²) in [5.41, 5.74) is 0.978. The molecule has 0 saturated heterocycles. The number of benzene rings is 2. The van der Waals surface area contributed by atoms with Crippen molar-refractivity contribution in [1.82, 2.24) is 9.78 Å². The molecule has 5 heteroatoms. The summed E-state index contributed by atoms with van der Waals surface area (Å²) in [5.74, 6) is 1.24. The molecule has 3 aromatic rings. The Labute approximate surface area is 147 Å². The lowest BCUT2D eigenvalue weighted by atomic mass is 9.97. The maximum atomic E-state index is 12.6. The van der Waals surface area contributed by atoms with Crippen molar-refractivity contribution in [3.63, 3.8) is 0 Å². The molecule has 0 fully saturated rings. The maximum Gasteiger partial charge on any atom is 0.232 e. The topological polar surface area (TPSA) is 56.1 Å². The lowest BCUT2D eigenvalue weighted by Gasteiger charge is -2.16. The van der Waals surface area contributed by atoms with Crippen LogP contribution in [0.5, 0.6) is 5.75 Å². The average Bonchev–Trinajstić information content (AvgIpc) is 3.08. The summed E-state index contributed by atoms with van der Waals surface area (Å²) in [6.45, 7) is 5.98. The maximum absolute atomic E-state index is 12.6. The normalized spacial score (nSPS) is 12.4. The van der Waals surface area contributed by atoms with E-state index in [1.807, 2.05) is 57.2 Å². The number of anilines is 1. The highest BCUT2D eigenvalue weighted by atomic mass is 16.5. The van der Waals surface area contributed by atoms with E-state index >= 15 is 0 Å². The zero-order valence-electron chi connectivity index (χ0n) is 15.0. The molecular weight excluding hydrogens is 314 g/mol. The van der Waals surface area contributed by atoms with Crippen LogP contribution in [0.15, 0.2) is 48.7 Å². The first kappa shape index (κ1) is 17.0. The van der Waals surface area contributed by atoms with Gasteiger partial charge in [0.25, 0.3) is 0 Å². The van der Waals surface area contributed by atoms with Crippen molar-refractivity contribution in [3.8, 4) is 5.75 Å². The first-order valence-corrected chi connectivity index (χ1v) is 8.41. The second kappa shape index (κ2) is 6.97. The largest absolute Gasteiger partial charge is 0.497 e. The number of carbonyl (C=O) groups is 1. The number of ether oxygens (including phenoxy) is 1.